The number of hydrogen-bond donors (Lipinski definition) is 2. The summed E-state index contributed by atoms with van der Waals surface area (Å²) < 4.78 is 1.44. The lowest BCUT2D eigenvalue weighted by Gasteiger charge is -2.09. The van der Waals surface area contributed by atoms with E-state index in [0.717, 1.165) is 42.5 Å². The van der Waals surface area contributed by atoms with Gasteiger partial charge < -0.3 is 11.2 Å². The number of hydrogen-bond acceptors (Lipinski definition) is 6. The van der Waals surface area contributed by atoms with Gasteiger partial charge in [-0.3, -0.25) is 4.79 Å². The third-order valence-electron chi connectivity index (χ3n) is 4.64. The molecule has 3 aromatic rings. The maximum absolute atomic E-state index is 12.4. The van der Waals surface area contributed by atoms with Crippen molar-refractivity contribution < 1.29 is 4.79 Å². The zero-order chi connectivity index (χ0) is 19.5. The number of nitrogens with two attached hydrogens (primary N) is 1. The van der Waals surface area contributed by atoms with E-state index in [4.69, 9.17) is 5.84 Å². The fourth-order valence-electron chi connectivity index (χ4n) is 3.30. The summed E-state index contributed by atoms with van der Waals surface area (Å²) in [4.78, 5) is 18.2. The third-order valence-corrected chi connectivity index (χ3v) is 6.81. The SMILES string of the molecule is N#Cc1c(NC(=O)CSc2nc(-c3ccccc3)cn2N)sc2c1CCCC2. The van der Waals surface area contributed by atoms with Crippen LogP contribution in [0.2, 0.25) is 0 Å². The van der Waals surface area contributed by atoms with Crippen LogP contribution in [0.15, 0.2) is 41.7 Å². The standard InChI is InChI=1S/C20H19N5OS2/c21-10-15-14-8-4-5-9-17(14)28-19(15)24-18(26)12-27-20-23-16(11-25(20)22)13-6-2-1-3-7-13/h1-3,6-7,11H,4-5,8-9,12,22H2,(H,24,26). The highest BCUT2D eigenvalue weighted by molar-refractivity contribution is 7.99. The molecule has 0 radical (unpaired) electrons. The molecule has 1 amide bonds. The van der Waals surface area contributed by atoms with Crippen LogP contribution < -0.4 is 11.2 Å². The molecule has 0 fully saturated rings. The predicted octanol–water partition coefficient (Wildman–Crippen LogP) is 3.81. The fraction of sp³-hybridized carbons (Fsp3) is 0.250. The van der Waals surface area contributed by atoms with Crippen LogP contribution in [0.1, 0.15) is 28.8 Å². The molecule has 28 heavy (non-hydrogen) atoms. The summed E-state index contributed by atoms with van der Waals surface area (Å²) in [7, 11) is 0. The second-order valence-electron chi connectivity index (χ2n) is 6.55. The third kappa shape index (κ3) is 3.77. The number of carbonyl (C=O) groups is 1. The fourth-order valence-corrected chi connectivity index (χ4v) is 5.25. The number of nitrogen functional groups attached to an aromatic ring is 1. The van der Waals surface area contributed by atoms with Gasteiger partial charge in [0.2, 0.25) is 5.91 Å². The second kappa shape index (κ2) is 8.09. The Bertz CT molecular complexity index is 1050. The van der Waals surface area contributed by atoms with Crippen molar-refractivity contribution in [3.63, 3.8) is 0 Å². The molecular weight excluding hydrogens is 390 g/mol. The van der Waals surface area contributed by atoms with E-state index in [-0.39, 0.29) is 11.7 Å². The Morgan fingerprint density at radius 3 is 2.89 bits per heavy atom. The van der Waals surface area contributed by atoms with Gasteiger partial charge in [0.1, 0.15) is 11.1 Å². The number of fused-ring (bicyclic) bond motifs is 1. The van der Waals surface area contributed by atoms with Gasteiger partial charge in [-0.2, -0.15) is 5.26 Å². The average molecular weight is 410 g/mol. The van der Waals surface area contributed by atoms with Crippen LogP contribution in [0.4, 0.5) is 5.00 Å². The first-order valence-electron chi connectivity index (χ1n) is 9.03. The number of aryl methyl sites for hydroxylation is 1. The van der Waals surface area contributed by atoms with Gasteiger partial charge in [0.15, 0.2) is 5.16 Å². The van der Waals surface area contributed by atoms with Crippen LogP contribution in [0, 0.1) is 11.3 Å². The molecule has 0 bridgehead atoms. The van der Waals surface area contributed by atoms with Crippen molar-refractivity contribution in [3.05, 3.63) is 52.5 Å². The second-order valence-corrected chi connectivity index (χ2v) is 8.59. The van der Waals surface area contributed by atoms with Crippen LogP contribution in [0.25, 0.3) is 11.3 Å². The highest BCUT2D eigenvalue weighted by Gasteiger charge is 2.22. The van der Waals surface area contributed by atoms with Crippen molar-refractivity contribution in [2.75, 3.05) is 16.9 Å². The molecule has 0 atom stereocenters. The maximum Gasteiger partial charge on any atom is 0.235 e. The van der Waals surface area contributed by atoms with Gasteiger partial charge in [0.05, 0.1) is 23.2 Å². The van der Waals surface area contributed by atoms with Crippen molar-refractivity contribution in [2.24, 2.45) is 0 Å². The van der Waals surface area contributed by atoms with Crippen molar-refractivity contribution in [1.29, 1.82) is 5.26 Å². The van der Waals surface area contributed by atoms with E-state index < -0.39 is 0 Å². The highest BCUT2D eigenvalue weighted by atomic mass is 32.2. The quantitative estimate of drug-likeness (QED) is 0.493. The van der Waals surface area contributed by atoms with Crippen molar-refractivity contribution in [3.8, 4) is 17.3 Å². The minimum Gasteiger partial charge on any atom is -0.337 e. The number of benzene rings is 1. The lowest BCUT2D eigenvalue weighted by Crippen LogP contribution is -2.15. The number of amides is 1. The number of imidazole rings is 1. The smallest absolute Gasteiger partial charge is 0.235 e. The Morgan fingerprint density at radius 2 is 2.11 bits per heavy atom. The molecule has 1 aliphatic carbocycles. The summed E-state index contributed by atoms with van der Waals surface area (Å²) in [5.41, 5.74) is 3.49. The predicted molar refractivity (Wildman–Crippen MR) is 113 cm³/mol. The van der Waals surface area contributed by atoms with E-state index in [1.807, 2.05) is 30.3 Å². The molecule has 0 saturated carbocycles. The molecule has 2 heterocycles. The van der Waals surface area contributed by atoms with Crippen molar-refractivity contribution in [1.82, 2.24) is 9.66 Å². The number of carbonyl (C=O) groups excluding carboxylic acids is 1. The first-order valence-corrected chi connectivity index (χ1v) is 10.8. The molecule has 4 rings (SSSR count). The van der Waals surface area contributed by atoms with Gasteiger partial charge in [0.25, 0.3) is 0 Å². The molecule has 6 nitrogen and oxygen atoms in total. The first-order chi connectivity index (χ1) is 13.7. The number of aromatic nitrogens is 2. The molecule has 0 unspecified atom stereocenters. The molecule has 3 N–H and O–H groups in total. The van der Waals surface area contributed by atoms with Gasteiger partial charge in [-0.15, -0.1) is 11.3 Å². The van der Waals surface area contributed by atoms with Crippen molar-refractivity contribution in [2.45, 2.75) is 30.8 Å². The number of thioether (sulfide) groups is 1. The van der Waals surface area contributed by atoms with Crippen molar-refractivity contribution >= 4 is 34.0 Å². The van der Waals surface area contributed by atoms with E-state index in [2.05, 4.69) is 16.4 Å². The van der Waals surface area contributed by atoms with Gasteiger partial charge in [-0.05, 0) is 31.2 Å². The molecule has 1 aromatic carbocycles. The van der Waals surface area contributed by atoms with Crippen LogP contribution in [0.5, 0.6) is 0 Å². The van der Waals surface area contributed by atoms with E-state index in [1.54, 1.807) is 6.20 Å². The molecule has 2 aromatic heterocycles. The number of thiophene rings is 1. The molecule has 0 aliphatic heterocycles. The lowest BCUT2D eigenvalue weighted by molar-refractivity contribution is -0.113. The Labute approximate surface area is 171 Å². The monoisotopic (exact) mass is 409 g/mol. The molecule has 142 valence electrons. The minimum atomic E-state index is -0.163. The van der Waals surface area contributed by atoms with Gasteiger partial charge >= 0.3 is 0 Å². The van der Waals surface area contributed by atoms with Crippen LogP contribution in [-0.4, -0.2) is 21.3 Å². The summed E-state index contributed by atoms with van der Waals surface area (Å²) in [5, 5.41) is 13.6. The van der Waals surface area contributed by atoms with Crippen LogP contribution in [-0.2, 0) is 17.6 Å². The molecule has 0 saturated heterocycles. The average Bonchev–Trinajstić information content (AvgIpc) is 3.26. The number of nitrogens with one attached hydrogen (secondary N) is 1. The Morgan fingerprint density at radius 1 is 1.32 bits per heavy atom. The normalized spacial score (nSPS) is 13.0. The van der Waals surface area contributed by atoms with Crippen LogP contribution >= 0.6 is 23.1 Å². The first kappa shape index (κ1) is 18.6. The van der Waals surface area contributed by atoms with E-state index in [1.165, 1.54) is 32.7 Å². The molecule has 0 spiro atoms. The zero-order valence-corrected chi connectivity index (χ0v) is 16.8. The van der Waals surface area contributed by atoms with E-state index in [0.29, 0.717) is 15.7 Å². The lowest BCUT2D eigenvalue weighted by atomic mass is 9.96. The molecular formula is C20H19N5OS2. The Kier molecular flexibility index (Phi) is 5.37. The van der Waals surface area contributed by atoms with Gasteiger partial charge in [-0.25, -0.2) is 9.66 Å². The Hall–Kier alpha value is -2.76. The van der Waals surface area contributed by atoms with E-state index >= 15 is 0 Å². The summed E-state index contributed by atoms with van der Waals surface area (Å²) >= 11 is 2.81. The minimum absolute atomic E-state index is 0.163. The largest absolute Gasteiger partial charge is 0.337 e. The zero-order valence-electron chi connectivity index (χ0n) is 15.1. The van der Waals surface area contributed by atoms with Gasteiger partial charge in [-0.1, -0.05) is 42.1 Å². The summed E-state index contributed by atoms with van der Waals surface area (Å²) in [6.45, 7) is 0. The van der Waals surface area contributed by atoms with Gasteiger partial charge in [0, 0.05) is 10.4 Å². The topological polar surface area (TPSA) is 96.7 Å². The number of anilines is 1. The highest BCUT2D eigenvalue weighted by Crippen LogP contribution is 2.37. The number of rotatable bonds is 5. The molecule has 1 aliphatic rings. The number of nitriles is 1. The van der Waals surface area contributed by atoms with E-state index in [9.17, 15) is 10.1 Å². The molecule has 8 heteroatoms. The summed E-state index contributed by atoms with van der Waals surface area (Å²) in [5.74, 6) is 6.00. The van der Waals surface area contributed by atoms with Crippen LogP contribution in [0.3, 0.4) is 0 Å². The summed E-state index contributed by atoms with van der Waals surface area (Å²) in [6.07, 6.45) is 5.91. The maximum atomic E-state index is 12.4. The number of nitrogens with zero attached hydrogens (tertiary/aromatic N) is 3. The summed E-state index contributed by atoms with van der Waals surface area (Å²) in [6, 6.07) is 12.0. The Balaban J connectivity index is 1.43.